The fourth-order valence-corrected chi connectivity index (χ4v) is 3.03. The zero-order chi connectivity index (χ0) is 11.4. The van der Waals surface area contributed by atoms with Gasteiger partial charge in [-0.3, -0.25) is 14.8 Å². The molecule has 4 rings (SSSR count). The zero-order valence-electron chi connectivity index (χ0n) is 9.18. The van der Waals surface area contributed by atoms with Gasteiger partial charge in [-0.15, -0.1) is 0 Å². The van der Waals surface area contributed by atoms with Gasteiger partial charge >= 0.3 is 0 Å². The van der Waals surface area contributed by atoms with Crippen LogP contribution in [-0.2, 0) is 4.79 Å². The van der Waals surface area contributed by atoms with Gasteiger partial charge in [0, 0.05) is 24.9 Å². The van der Waals surface area contributed by atoms with Crippen molar-refractivity contribution in [1.82, 2.24) is 15.3 Å². The molecule has 2 heterocycles. The summed E-state index contributed by atoms with van der Waals surface area (Å²) in [6.45, 7) is 0.758. The molecular weight excluding hydrogens is 214 g/mol. The van der Waals surface area contributed by atoms with E-state index in [-0.39, 0.29) is 11.8 Å². The Morgan fingerprint density at radius 3 is 2.59 bits per heavy atom. The average molecular weight is 225 g/mol. The number of nitrogens with zero attached hydrogens (tertiary/aromatic N) is 2. The average Bonchev–Trinajstić information content (AvgIpc) is 2.66. The first-order valence-electron chi connectivity index (χ1n) is 5.85. The smallest absolute Gasteiger partial charge is 0.227 e. The third-order valence-corrected chi connectivity index (χ3v) is 3.85. The van der Waals surface area contributed by atoms with Crippen molar-refractivity contribution in [1.29, 1.82) is 0 Å². The number of fused-ring (bicyclic) bond motifs is 6. The van der Waals surface area contributed by atoms with Gasteiger partial charge in [0.05, 0.1) is 17.0 Å². The molecule has 2 bridgehead atoms. The van der Waals surface area contributed by atoms with E-state index in [4.69, 9.17) is 0 Å². The third-order valence-electron chi connectivity index (χ3n) is 3.85. The molecule has 0 saturated carbocycles. The van der Waals surface area contributed by atoms with Crippen LogP contribution in [0.15, 0.2) is 24.5 Å². The van der Waals surface area contributed by atoms with Crippen LogP contribution in [0, 0.1) is 0 Å². The summed E-state index contributed by atoms with van der Waals surface area (Å²) in [6, 6.07) is 4.13. The summed E-state index contributed by atoms with van der Waals surface area (Å²) in [5, 5.41) is 2.97. The van der Waals surface area contributed by atoms with Crippen LogP contribution in [0.2, 0.25) is 0 Å². The lowest BCUT2D eigenvalue weighted by atomic mass is 9.97. The van der Waals surface area contributed by atoms with Crippen molar-refractivity contribution < 1.29 is 4.79 Å². The summed E-state index contributed by atoms with van der Waals surface area (Å²) in [4.78, 5) is 20.4. The predicted molar refractivity (Wildman–Crippen MR) is 62.6 cm³/mol. The summed E-state index contributed by atoms with van der Waals surface area (Å²) >= 11 is 0. The summed E-state index contributed by atoms with van der Waals surface area (Å²) in [5.41, 5.74) is 4.23. The molecule has 1 aromatic heterocycles. The van der Waals surface area contributed by atoms with Gasteiger partial charge in [0.25, 0.3) is 0 Å². The van der Waals surface area contributed by atoms with Crippen LogP contribution in [0.3, 0.4) is 0 Å². The second-order valence-electron chi connectivity index (χ2n) is 4.76. The molecule has 1 saturated heterocycles. The maximum absolute atomic E-state index is 11.8. The molecule has 1 amide bonds. The number of amides is 1. The van der Waals surface area contributed by atoms with Gasteiger partial charge in [-0.25, -0.2) is 0 Å². The Bertz CT molecular complexity index is 638. The quantitative estimate of drug-likeness (QED) is 0.736. The highest BCUT2D eigenvalue weighted by Crippen LogP contribution is 2.44. The molecule has 1 N–H and O–H groups in total. The van der Waals surface area contributed by atoms with Gasteiger partial charge in [0.15, 0.2) is 0 Å². The van der Waals surface area contributed by atoms with Crippen molar-refractivity contribution >= 4 is 16.9 Å². The number of hydrogen-bond acceptors (Lipinski definition) is 3. The Hall–Kier alpha value is -1.97. The Morgan fingerprint density at radius 1 is 1.12 bits per heavy atom. The van der Waals surface area contributed by atoms with E-state index in [1.54, 1.807) is 12.4 Å². The molecule has 1 aliphatic heterocycles. The van der Waals surface area contributed by atoms with E-state index in [1.807, 2.05) is 6.07 Å². The van der Waals surface area contributed by atoms with E-state index >= 15 is 0 Å². The number of aromatic nitrogens is 2. The van der Waals surface area contributed by atoms with E-state index in [0.717, 1.165) is 29.6 Å². The highest BCUT2D eigenvalue weighted by Gasteiger charge is 2.39. The first kappa shape index (κ1) is 9.10. The Balaban J connectivity index is 2.02. The molecule has 1 fully saturated rings. The number of rotatable bonds is 0. The fraction of sp³-hybridized carbons (Fsp3) is 0.308. The standard InChI is InChI=1S/C13H11N3O/c17-13-10-3-7(6-16-13)8-4-11-12(5-9(8)10)15-2-1-14-11/h1-2,4-5,7,10H,3,6H2,(H,16,17). The van der Waals surface area contributed by atoms with Crippen LogP contribution in [0.25, 0.3) is 11.0 Å². The van der Waals surface area contributed by atoms with Crippen LogP contribution in [0.1, 0.15) is 29.4 Å². The van der Waals surface area contributed by atoms with Gasteiger partial charge < -0.3 is 5.32 Å². The lowest BCUT2D eigenvalue weighted by Crippen LogP contribution is -2.34. The van der Waals surface area contributed by atoms with Gasteiger partial charge in [-0.05, 0) is 29.7 Å². The highest BCUT2D eigenvalue weighted by molar-refractivity contribution is 5.89. The molecule has 2 aliphatic rings. The summed E-state index contributed by atoms with van der Waals surface area (Å²) < 4.78 is 0. The normalized spacial score (nSPS) is 25.8. The molecule has 84 valence electrons. The minimum atomic E-state index is 0.0233. The van der Waals surface area contributed by atoms with E-state index in [9.17, 15) is 4.79 Å². The molecule has 2 unspecified atom stereocenters. The first-order chi connectivity index (χ1) is 8.33. The van der Waals surface area contributed by atoms with Gasteiger partial charge in [-0.2, -0.15) is 0 Å². The molecule has 17 heavy (non-hydrogen) atoms. The highest BCUT2D eigenvalue weighted by atomic mass is 16.2. The molecule has 0 spiro atoms. The Labute approximate surface area is 98.1 Å². The number of carbonyl (C=O) groups excluding carboxylic acids is 1. The van der Waals surface area contributed by atoms with E-state index in [0.29, 0.717) is 5.92 Å². The first-order valence-corrected chi connectivity index (χ1v) is 5.85. The Kier molecular flexibility index (Phi) is 1.62. The molecule has 1 aromatic carbocycles. The minimum absolute atomic E-state index is 0.0233. The fourth-order valence-electron chi connectivity index (χ4n) is 3.03. The zero-order valence-corrected chi connectivity index (χ0v) is 9.18. The maximum atomic E-state index is 11.8. The number of nitrogens with one attached hydrogen (secondary N) is 1. The van der Waals surface area contributed by atoms with Crippen molar-refractivity contribution in [3.05, 3.63) is 35.7 Å². The van der Waals surface area contributed by atoms with Crippen LogP contribution in [0.5, 0.6) is 0 Å². The monoisotopic (exact) mass is 225 g/mol. The van der Waals surface area contributed by atoms with Gasteiger partial charge in [0.1, 0.15) is 0 Å². The summed E-state index contributed by atoms with van der Waals surface area (Å²) in [6.07, 6.45) is 4.34. The van der Waals surface area contributed by atoms with Crippen molar-refractivity contribution in [3.8, 4) is 0 Å². The number of hydrogen-bond donors (Lipinski definition) is 1. The van der Waals surface area contributed by atoms with Crippen LogP contribution in [-0.4, -0.2) is 22.4 Å². The molecule has 2 atom stereocenters. The topological polar surface area (TPSA) is 54.9 Å². The second kappa shape index (κ2) is 3.03. The maximum Gasteiger partial charge on any atom is 0.227 e. The second-order valence-corrected chi connectivity index (χ2v) is 4.76. The van der Waals surface area contributed by atoms with Crippen LogP contribution >= 0.6 is 0 Å². The van der Waals surface area contributed by atoms with Crippen molar-refractivity contribution in [2.45, 2.75) is 18.3 Å². The number of carbonyl (C=O) groups is 1. The summed E-state index contributed by atoms with van der Waals surface area (Å²) in [5.74, 6) is 0.637. The van der Waals surface area contributed by atoms with E-state index < -0.39 is 0 Å². The largest absolute Gasteiger partial charge is 0.355 e. The molecular formula is C13H11N3O. The van der Waals surface area contributed by atoms with Crippen molar-refractivity contribution in [2.24, 2.45) is 0 Å². The Morgan fingerprint density at radius 2 is 1.82 bits per heavy atom. The predicted octanol–water partition coefficient (Wildman–Crippen LogP) is 1.33. The van der Waals surface area contributed by atoms with Crippen LogP contribution < -0.4 is 5.32 Å². The van der Waals surface area contributed by atoms with Gasteiger partial charge in [-0.1, -0.05) is 0 Å². The molecule has 4 nitrogen and oxygen atoms in total. The van der Waals surface area contributed by atoms with Gasteiger partial charge in [0.2, 0.25) is 5.91 Å². The van der Waals surface area contributed by atoms with E-state index in [2.05, 4.69) is 21.4 Å². The number of piperidine rings is 1. The molecule has 0 radical (unpaired) electrons. The van der Waals surface area contributed by atoms with Crippen LogP contribution in [0.4, 0.5) is 0 Å². The minimum Gasteiger partial charge on any atom is -0.355 e. The molecule has 2 aromatic rings. The molecule has 1 aliphatic carbocycles. The SMILES string of the molecule is O=C1NCC2CC1c1cc3nccnc3cc12. The lowest BCUT2D eigenvalue weighted by molar-refractivity contribution is -0.123. The lowest BCUT2D eigenvalue weighted by Gasteiger charge is -2.19. The number of benzene rings is 1. The third kappa shape index (κ3) is 1.15. The van der Waals surface area contributed by atoms with Crippen molar-refractivity contribution in [3.63, 3.8) is 0 Å². The van der Waals surface area contributed by atoms with Crippen molar-refractivity contribution in [2.75, 3.05) is 6.54 Å². The van der Waals surface area contributed by atoms with E-state index in [1.165, 1.54) is 5.56 Å². The summed E-state index contributed by atoms with van der Waals surface area (Å²) in [7, 11) is 0. The molecule has 4 heteroatoms.